The Balaban J connectivity index is 0.000000370. The zero-order valence-electron chi connectivity index (χ0n) is 14.4. The smallest absolute Gasteiger partial charge is 0.475 e. The van der Waals surface area contributed by atoms with Crippen LogP contribution in [0.3, 0.4) is 0 Å². The summed E-state index contributed by atoms with van der Waals surface area (Å²) >= 11 is 2.66. The molecule has 0 fully saturated rings. The Kier molecular flexibility index (Phi) is 6.93. The third-order valence-electron chi connectivity index (χ3n) is 3.48. The second-order valence-electron chi connectivity index (χ2n) is 5.53. The van der Waals surface area contributed by atoms with Crippen molar-refractivity contribution in [2.45, 2.75) is 34.8 Å². The number of rotatable bonds is 3. The molecule has 3 rings (SSSR count). The fraction of sp³-hybridized carbons (Fsp3) is 0.429. The normalized spacial score (nSPS) is 13.6. The zero-order chi connectivity index (χ0) is 22.0. The minimum absolute atomic E-state index is 0.0280. The third kappa shape index (κ3) is 5.91. The monoisotopic (exact) mass is 462 g/mol. The predicted octanol–water partition coefficient (Wildman–Crippen LogP) is 3.19. The summed E-state index contributed by atoms with van der Waals surface area (Å²) in [5.74, 6) is -1.44. The average molecular weight is 462 g/mol. The largest absolute Gasteiger partial charge is 0.490 e. The number of H-pyrrole nitrogens is 1. The lowest BCUT2D eigenvalue weighted by Crippen LogP contribution is -2.21. The number of hydrogen-bond donors (Lipinski definition) is 2. The SMILES string of the molecule is Cn1cnc(C(F)(F)F)c1CSc1nc2c(c(=O)[nH]1)CSC2.O=C(O)C(F)(F)F. The highest BCUT2D eigenvalue weighted by Crippen LogP contribution is 2.33. The van der Waals surface area contributed by atoms with Gasteiger partial charge in [0.1, 0.15) is 0 Å². The van der Waals surface area contributed by atoms with Crippen molar-refractivity contribution in [3.8, 4) is 0 Å². The first-order chi connectivity index (χ1) is 13.3. The molecule has 0 bridgehead atoms. The number of carboxylic acid groups (broad SMARTS) is 1. The summed E-state index contributed by atoms with van der Waals surface area (Å²) in [6.07, 6.45) is -8.44. The van der Waals surface area contributed by atoms with E-state index in [-0.39, 0.29) is 17.0 Å². The lowest BCUT2D eigenvalue weighted by atomic mass is 10.3. The van der Waals surface area contributed by atoms with Gasteiger partial charge in [-0.25, -0.2) is 14.8 Å². The molecule has 0 spiro atoms. The molecule has 1 aliphatic heterocycles. The number of carbonyl (C=O) groups is 1. The number of fused-ring (bicyclic) bond motifs is 1. The van der Waals surface area contributed by atoms with Crippen LogP contribution in [0.2, 0.25) is 0 Å². The number of aliphatic carboxylic acids is 1. The van der Waals surface area contributed by atoms with E-state index in [9.17, 15) is 31.1 Å². The first kappa shape index (κ1) is 23.1. The Bertz CT molecular complexity index is 954. The number of hydrogen-bond acceptors (Lipinski definition) is 6. The van der Waals surface area contributed by atoms with Gasteiger partial charge in [0, 0.05) is 29.9 Å². The molecular formula is C14H12F6N4O3S2. The van der Waals surface area contributed by atoms with Crippen molar-refractivity contribution in [3.05, 3.63) is 39.3 Å². The Morgan fingerprint density at radius 2 is 1.93 bits per heavy atom. The van der Waals surface area contributed by atoms with E-state index in [1.54, 1.807) is 11.8 Å². The minimum atomic E-state index is -5.08. The van der Waals surface area contributed by atoms with Crippen LogP contribution in [0.15, 0.2) is 16.3 Å². The number of nitrogens with one attached hydrogen (secondary N) is 1. The zero-order valence-corrected chi connectivity index (χ0v) is 16.0. The van der Waals surface area contributed by atoms with Gasteiger partial charge in [0.2, 0.25) is 0 Å². The van der Waals surface area contributed by atoms with E-state index in [0.717, 1.165) is 23.8 Å². The van der Waals surface area contributed by atoms with E-state index in [2.05, 4.69) is 15.0 Å². The topological polar surface area (TPSA) is 101 Å². The number of halogens is 6. The van der Waals surface area contributed by atoms with Gasteiger partial charge in [-0.1, -0.05) is 11.8 Å². The van der Waals surface area contributed by atoms with Crippen molar-refractivity contribution in [2.24, 2.45) is 7.05 Å². The molecule has 2 N–H and O–H groups in total. The van der Waals surface area contributed by atoms with Crippen molar-refractivity contribution < 1.29 is 36.2 Å². The molecule has 0 saturated heterocycles. The first-order valence-electron chi connectivity index (χ1n) is 7.50. The van der Waals surface area contributed by atoms with E-state index in [1.165, 1.54) is 11.6 Å². The summed E-state index contributed by atoms with van der Waals surface area (Å²) in [4.78, 5) is 31.1. The predicted molar refractivity (Wildman–Crippen MR) is 91.3 cm³/mol. The first-order valence-corrected chi connectivity index (χ1v) is 9.64. The number of thioether (sulfide) groups is 2. The minimum Gasteiger partial charge on any atom is -0.475 e. The Labute approximate surface area is 166 Å². The van der Waals surface area contributed by atoms with Gasteiger partial charge in [-0.15, -0.1) is 0 Å². The molecule has 2 aromatic heterocycles. The van der Waals surface area contributed by atoms with Gasteiger partial charge in [-0.3, -0.25) is 4.79 Å². The van der Waals surface area contributed by atoms with Gasteiger partial charge in [0.25, 0.3) is 5.56 Å². The molecule has 15 heteroatoms. The highest BCUT2D eigenvalue weighted by Gasteiger charge is 2.38. The molecule has 2 aromatic rings. The maximum Gasteiger partial charge on any atom is 0.490 e. The summed E-state index contributed by atoms with van der Waals surface area (Å²) < 4.78 is 71.7. The molecule has 0 unspecified atom stereocenters. The summed E-state index contributed by atoms with van der Waals surface area (Å²) in [6.45, 7) is 0. The Morgan fingerprint density at radius 3 is 2.48 bits per heavy atom. The number of carboxylic acids is 1. The highest BCUT2D eigenvalue weighted by atomic mass is 32.2. The molecule has 0 amide bonds. The molecule has 0 atom stereocenters. The molecule has 160 valence electrons. The number of imidazole rings is 1. The number of aryl methyl sites for hydroxylation is 1. The van der Waals surface area contributed by atoms with Gasteiger partial charge in [-0.05, 0) is 0 Å². The molecule has 0 radical (unpaired) electrons. The van der Waals surface area contributed by atoms with Gasteiger partial charge >= 0.3 is 18.3 Å². The molecule has 1 aliphatic rings. The van der Waals surface area contributed by atoms with E-state index in [1.807, 2.05) is 0 Å². The molecule has 0 aromatic carbocycles. The summed E-state index contributed by atoms with van der Waals surface area (Å²) in [5.41, 5.74) is 0.318. The molecule has 29 heavy (non-hydrogen) atoms. The summed E-state index contributed by atoms with van der Waals surface area (Å²) in [6, 6.07) is 0. The standard InChI is InChI=1S/C12H11F3N4OS2.C2HF3O2/c1-19-5-16-9(12(13,14)15)8(19)4-22-11-17-7-3-21-2-6(7)10(20)18-11;3-2(4,5)1(6)7/h5H,2-4H2,1H3,(H,17,18,20);(H,6,7). The quantitative estimate of drug-likeness (QED) is 0.411. The van der Waals surface area contributed by atoms with Crippen LogP contribution < -0.4 is 5.56 Å². The van der Waals surface area contributed by atoms with Crippen molar-refractivity contribution in [2.75, 3.05) is 0 Å². The fourth-order valence-electron chi connectivity index (χ4n) is 2.11. The maximum absolute atomic E-state index is 12.9. The van der Waals surface area contributed by atoms with Crippen LogP contribution in [0, 0.1) is 0 Å². The Morgan fingerprint density at radius 1 is 1.31 bits per heavy atom. The van der Waals surface area contributed by atoms with Crippen molar-refractivity contribution >= 4 is 29.5 Å². The second kappa shape index (κ2) is 8.69. The molecule has 7 nitrogen and oxygen atoms in total. The molecular weight excluding hydrogens is 450 g/mol. The van der Waals surface area contributed by atoms with Gasteiger partial charge in [0.15, 0.2) is 10.9 Å². The van der Waals surface area contributed by atoms with Crippen molar-refractivity contribution in [3.63, 3.8) is 0 Å². The number of aromatic nitrogens is 4. The van der Waals surface area contributed by atoms with Crippen LogP contribution in [0.4, 0.5) is 26.3 Å². The lowest BCUT2D eigenvalue weighted by Gasteiger charge is -2.08. The third-order valence-corrected chi connectivity index (χ3v) is 5.34. The number of nitrogens with zero attached hydrogens (tertiary/aromatic N) is 3. The van der Waals surface area contributed by atoms with E-state index < -0.39 is 24.0 Å². The van der Waals surface area contributed by atoms with Gasteiger partial charge in [-0.2, -0.15) is 38.1 Å². The molecule has 3 heterocycles. The van der Waals surface area contributed by atoms with E-state index in [4.69, 9.17) is 9.90 Å². The average Bonchev–Trinajstić information content (AvgIpc) is 3.19. The van der Waals surface area contributed by atoms with E-state index >= 15 is 0 Å². The highest BCUT2D eigenvalue weighted by molar-refractivity contribution is 7.98. The van der Waals surface area contributed by atoms with Crippen LogP contribution in [0.1, 0.15) is 22.6 Å². The second-order valence-corrected chi connectivity index (χ2v) is 7.48. The lowest BCUT2D eigenvalue weighted by molar-refractivity contribution is -0.192. The summed E-state index contributed by atoms with van der Waals surface area (Å²) in [5, 5.41) is 7.46. The van der Waals surface area contributed by atoms with Gasteiger partial charge in [0.05, 0.1) is 17.7 Å². The van der Waals surface area contributed by atoms with Crippen LogP contribution in [0.25, 0.3) is 0 Å². The fourth-order valence-corrected chi connectivity index (χ4v) is 4.10. The maximum atomic E-state index is 12.9. The number of aromatic amines is 1. The van der Waals surface area contributed by atoms with Gasteiger partial charge < -0.3 is 14.7 Å². The Hall–Kier alpha value is -2.16. The molecule has 0 aliphatic carbocycles. The van der Waals surface area contributed by atoms with Crippen LogP contribution in [0.5, 0.6) is 0 Å². The summed E-state index contributed by atoms with van der Waals surface area (Å²) in [7, 11) is 1.51. The van der Waals surface area contributed by atoms with Crippen molar-refractivity contribution in [1.29, 1.82) is 0 Å². The van der Waals surface area contributed by atoms with Crippen LogP contribution >= 0.6 is 23.5 Å². The molecule has 0 saturated carbocycles. The van der Waals surface area contributed by atoms with Crippen LogP contribution in [-0.4, -0.2) is 36.8 Å². The van der Waals surface area contributed by atoms with Crippen molar-refractivity contribution in [1.82, 2.24) is 19.5 Å². The number of alkyl halides is 6. The van der Waals surface area contributed by atoms with Crippen LogP contribution in [-0.2, 0) is 35.3 Å². The van der Waals surface area contributed by atoms with E-state index in [0.29, 0.717) is 22.2 Å².